The SMILES string of the molecule is NN1C(=O)c2ccc(Br)cc2C1=O. The van der Waals surface area contributed by atoms with Gasteiger partial charge in [-0.25, -0.2) is 10.9 Å². The maximum Gasteiger partial charge on any atom is 0.275 e. The van der Waals surface area contributed by atoms with Crippen LogP contribution in [0.25, 0.3) is 0 Å². The highest BCUT2D eigenvalue weighted by atomic mass is 79.9. The average molecular weight is 241 g/mol. The minimum Gasteiger partial charge on any atom is -0.267 e. The van der Waals surface area contributed by atoms with Crippen molar-refractivity contribution in [1.82, 2.24) is 5.01 Å². The van der Waals surface area contributed by atoms with Crippen LogP contribution in [0.4, 0.5) is 0 Å². The topological polar surface area (TPSA) is 63.4 Å². The number of carbonyl (C=O) groups excluding carboxylic acids is 2. The van der Waals surface area contributed by atoms with Crippen molar-refractivity contribution in [3.8, 4) is 0 Å². The quantitative estimate of drug-likeness (QED) is 0.417. The second kappa shape index (κ2) is 2.65. The Morgan fingerprint density at radius 3 is 2.46 bits per heavy atom. The zero-order chi connectivity index (χ0) is 9.59. The van der Waals surface area contributed by atoms with Crippen molar-refractivity contribution >= 4 is 27.7 Å². The Morgan fingerprint density at radius 1 is 1.15 bits per heavy atom. The number of halogens is 1. The number of rotatable bonds is 0. The van der Waals surface area contributed by atoms with Gasteiger partial charge in [0.1, 0.15) is 0 Å². The van der Waals surface area contributed by atoms with Crippen molar-refractivity contribution in [2.45, 2.75) is 0 Å². The van der Waals surface area contributed by atoms with E-state index in [-0.39, 0.29) is 0 Å². The van der Waals surface area contributed by atoms with E-state index in [1.807, 2.05) is 0 Å². The van der Waals surface area contributed by atoms with Gasteiger partial charge in [-0.1, -0.05) is 15.9 Å². The van der Waals surface area contributed by atoms with E-state index in [2.05, 4.69) is 15.9 Å². The highest BCUT2D eigenvalue weighted by Gasteiger charge is 2.33. The number of amides is 2. The zero-order valence-corrected chi connectivity index (χ0v) is 8.04. The second-order valence-corrected chi connectivity index (χ2v) is 3.59. The van der Waals surface area contributed by atoms with Crippen molar-refractivity contribution in [3.63, 3.8) is 0 Å². The molecule has 0 saturated carbocycles. The molecule has 0 aliphatic carbocycles. The van der Waals surface area contributed by atoms with Crippen LogP contribution in [0, 0.1) is 0 Å². The molecule has 0 spiro atoms. The molecule has 66 valence electrons. The van der Waals surface area contributed by atoms with Gasteiger partial charge in [0.05, 0.1) is 11.1 Å². The maximum atomic E-state index is 11.3. The molecule has 0 atom stereocenters. The van der Waals surface area contributed by atoms with E-state index in [1.165, 1.54) is 0 Å². The van der Waals surface area contributed by atoms with Crippen LogP contribution < -0.4 is 5.84 Å². The van der Waals surface area contributed by atoms with Gasteiger partial charge in [0.2, 0.25) is 0 Å². The minimum absolute atomic E-state index is 0.349. The molecule has 2 amide bonds. The Kier molecular flexibility index (Phi) is 1.71. The molecular weight excluding hydrogens is 236 g/mol. The highest BCUT2D eigenvalue weighted by Crippen LogP contribution is 2.23. The molecule has 0 aromatic heterocycles. The minimum atomic E-state index is -0.457. The van der Waals surface area contributed by atoms with Gasteiger partial charge in [-0.05, 0) is 18.2 Å². The molecular formula is C8H5BrN2O2. The fourth-order valence-corrected chi connectivity index (χ4v) is 1.59. The van der Waals surface area contributed by atoms with E-state index in [4.69, 9.17) is 5.84 Å². The molecule has 1 heterocycles. The van der Waals surface area contributed by atoms with Crippen molar-refractivity contribution in [2.24, 2.45) is 5.84 Å². The van der Waals surface area contributed by atoms with Crippen LogP contribution in [0.15, 0.2) is 22.7 Å². The maximum absolute atomic E-state index is 11.3. The number of imide groups is 1. The largest absolute Gasteiger partial charge is 0.275 e. The fourth-order valence-electron chi connectivity index (χ4n) is 1.23. The predicted octanol–water partition coefficient (Wildman–Crippen LogP) is 0.919. The van der Waals surface area contributed by atoms with Gasteiger partial charge in [0.25, 0.3) is 11.8 Å². The van der Waals surface area contributed by atoms with Gasteiger partial charge in [-0.3, -0.25) is 9.59 Å². The zero-order valence-electron chi connectivity index (χ0n) is 6.45. The first-order chi connectivity index (χ1) is 6.11. The normalized spacial score (nSPS) is 15.1. The summed E-state index contributed by atoms with van der Waals surface area (Å²) in [6, 6.07) is 4.86. The summed E-state index contributed by atoms with van der Waals surface area (Å²) < 4.78 is 0.753. The van der Waals surface area contributed by atoms with Crippen LogP contribution in [0.1, 0.15) is 20.7 Å². The van der Waals surface area contributed by atoms with Crippen LogP contribution in [0.2, 0.25) is 0 Å². The highest BCUT2D eigenvalue weighted by molar-refractivity contribution is 9.10. The van der Waals surface area contributed by atoms with Gasteiger partial charge in [-0.15, -0.1) is 0 Å². The Balaban J connectivity index is 2.67. The number of nitrogens with zero attached hydrogens (tertiary/aromatic N) is 1. The van der Waals surface area contributed by atoms with Crippen molar-refractivity contribution in [3.05, 3.63) is 33.8 Å². The van der Waals surface area contributed by atoms with Crippen LogP contribution in [-0.4, -0.2) is 16.8 Å². The molecule has 0 saturated heterocycles. The van der Waals surface area contributed by atoms with Gasteiger partial charge in [-0.2, -0.15) is 0 Å². The van der Waals surface area contributed by atoms with Gasteiger partial charge >= 0.3 is 0 Å². The van der Waals surface area contributed by atoms with E-state index in [1.54, 1.807) is 18.2 Å². The summed E-state index contributed by atoms with van der Waals surface area (Å²) in [5.74, 6) is 4.33. The molecule has 0 unspecified atom stereocenters. The molecule has 1 aliphatic heterocycles. The van der Waals surface area contributed by atoms with Gasteiger partial charge in [0.15, 0.2) is 0 Å². The lowest BCUT2D eigenvalue weighted by Gasteiger charge is -2.01. The Hall–Kier alpha value is -1.20. The number of hydrogen-bond acceptors (Lipinski definition) is 3. The second-order valence-electron chi connectivity index (χ2n) is 2.67. The summed E-state index contributed by atoms with van der Waals surface area (Å²) in [7, 11) is 0. The number of benzene rings is 1. The third-order valence-electron chi connectivity index (χ3n) is 1.88. The van der Waals surface area contributed by atoms with Crippen molar-refractivity contribution < 1.29 is 9.59 Å². The molecule has 1 aromatic rings. The third kappa shape index (κ3) is 1.08. The van der Waals surface area contributed by atoms with Gasteiger partial charge in [0, 0.05) is 4.47 Å². The molecule has 0 bridgehead atoms. The lowest BCUT2D eigenvalue weighted by molar-refractivity contribution is 0.0654. The summed E-state index contributed by atoms with van der Waals surface area (Å²) in [6.45, 7) is 0. The molecule has 1 aromatic carbocycles. The van der Waals surface area contributed by atoms with E-state index in [9.17, 15) is 9.59 Å². The molecule has 2 rings (SSSR count). The molecule has 1 aliphatic rings. The van der Waals surface area contributed by atoms with Crippen molar-refractivity contribution in [1.29, 1.82) is 0 Å². The van der Waals surface area contributed by atoms with E-state index in [0.29, 0.717) is 16.1 Å². The summed E-state index contributed by atoms with van der Waals surface area (Å²) in [5.41, 5.74) is 0.706. The molecule has 0 fully saturated rings. The lowest BCUT2D eigenvalue weighted by Crippen LogP contribution is -2.36. The van der Waals surface area contributed by atoms with E-state index in [0.717, 1.165) is 4.47 Å². The molecule has 2 N–H and O–H groups in total. The van der Waals surface area contributed by atoms with Gasteiger partial charge < -0.3 is 0 Å². The Labute approximate surface area is 82.4 Å². The van der Waals surface area contributed by atoms with E-state index >= 15 is 0 Å². The Morgan fingerprint density at radius 2 is 1.77 bits per heavy atom. The standard InChI is InChI=1S/C8H5BrN2O2/c9-4-1-2-5-6(3-4)8(13)11(10)7(5)12/h1-3H,10H2. The van der Waals surface area contributed by atoms with Crippen molar-refractivity contribution in [2.75, 3.05) is 0 Å². The molecule has 0 radical (unpaired) electrons. The monoisotopic (exact) mass is 240 g/mol. The Bertz CT molecular complexity index is 417. The fraction of sp³-hybridized carbons (Fsp3) is 0. The summed E-state index contributed by atoms with van der Waals surface area (Å²) >= 11 is 3.21. The number of hydrogen-bond donors (Lipinski definition) is 1. The van der Waals surface area contributed by atoms with Crippen LogP contribution >= 0.6 is 15.9 Å². The third-order valence-corrected chi connectivity index (χ3v) is 2.37. The first kappa shape index (κ1) is 8.40. The summed E-state index contributed by atoms with van der Waals surface area (Å²) in [5, 5.41) is 0.622. The molecule has 5 heteroatoms. The predicted molar refractivity (Wildman–Crippen MR) is 48.8 cm³/mol. The number of nitrogens with two attached hydrogens (primary N) is 1. The average Bonchev–Trinajstić information content (AvgIpc) is 2.32. The lowest BCUT2D eigenvalue weighted by atomic mass is 10.1. The van der Waals surface area contributed by atoms with Crippen LogP contribution in [0.5, 0.6) is 0 Å². The molecule has 4 nitrogen and oxygen atoms in total. The number of hydrazine groups is 1. The smallest absolute Gasteiger partial charge is 0.267 e. The first-order valence-corrected chi connectivity index (χ1v) is 4.33. The first-order valence-electron chi connectivity index (χ1n) is 3.54. The van der Waals surface area contributed by atoms with Crippen LogP contribution in [0.3, 0.4) is 0 Å². The van der Waals surface area contributed by atoms with E-state index < -0.39 is 11.8 Å². The van der Waals surface area contributed by atoms with Crippen LogP contribution in [-0.2, 0) is 0 Å². The molecule has 13 heavy (non-hydrogen) atoms. The summed E-state index contributed by atoms with van der Waals surface area (Å²) in [4.78, 5) is 22.6. The summed E-state index contributed by atoms with van der Waals surface area (Å²) in [6.07, 6.45) is 0. The number of fused-ring (bicyclic) bond motifs is 1. The number of carbonyl (C=O) groups is 2.